The van der Waals surface area contributed by atoms with Crippen LogP contribution in [0.25, 0.3) is 10.2 Å². The number of fused-ring (bicyclic) bond motifs is 2. The topological polar surface area (TPSA) is 52.8 Å². The highest BCUT2D eigenvalue weighted by molar-refractivity contribution is 7.16. The van der Waals surface area contributed by atoms with Gasteiger partial charge in [-0.25, -0.2) is 4.39 Å². The molecule has 0 saturated carbocycles. The maximum absolute atomic E-state index is 13.9. The van der Waals surface area contributed by atoms with Crippen molar-refractivity contribution in [3.05, 3.63) is 52.6 Å². The van der Waals surface area contributed by atoms with E-state index >= 15 is 0 Å². The number of halogens is 1. The van der Waals surface area contributed by atoms with E-state index in [-0.39, 0.29) is 5.56 Å². The Morgan fingerprint density at radius 3 is 2.69 bits per heavy atom. The zero-order valence-corrected chi connectivity index (χ0v) is 15.0. The first kappa shape index (κ1) is 16.8. The van der Waals surface area contributed by atoms with Crippen molar-refractivity contribution >= 4 is 27.5 Å². The number of carbonyl (C=O) groups excluding carboxylic acids is 1. The highest BCUT2D eigenvalue weighted by atomic mass is 32.1. The first-order chi connectivity index (χ1) is 12.7. The molecule has 0 radical (unpaired) electrons. The molecule has 0 N–H and O–H groups in total. The highest BCUT2D eigenvalue weighted by Gasteiger charge is 2.17. The van der Waals surface area contributed by atoms with E-state index in [1.807, 2.05) is 16.7 Å². The number of hydrogen-bond donors (Lipinski definition) is 0. The fourth-order valence-corrected chi connectivity index (χ4v) is 3.98. The lowest BCUT2D eigenvalue weighted by atomic mass is 10.2. The molecule has 0 fully saturated rings. The molecule has 0 spiro atoms. The van der Waals surface area contributed by atoms with Gasteiger partial charge in [0, 0.05) is 18.7 Å². The third-order valence-corrected chi connectivity index (χ3v) is 5.14. The molecule has 7 heteroatoms. The van der Waals surface area contributed by atoms with Crippen LogP contribution in [-0.4, -0.2) is 23.7 Å². The van der Waals surface area contributed by atoms with Crippen molar-refractivity contribution in [2.45, 2.75) is 19.9 Å². The summed E-state index contributed by atoms with van der Waals surface area (Å²) in [6.07, 6.45) is 0.876. The van der Waals surface area contributed by atoms with Crippen molar-refractivity contribution in [2.75, 3.05) is 13.2 Å². The molecular weight excluding hydrogens is 355 g/mol. The minimum absolute atomic E-state index is 0.0287. The van der Waals surface area contributed by atoms with Gasteiger partial charge >= 0.3 is 0 Å². The number of aryl methyl sites for hydroxylation is 1. The van der Waals surface area contributed by atoms with E-state index in [1.54, 1.807) is 12.1 Å². The molecule has 26 heavy (non-hydrogen) atoms. The maximum atomic E-state index is 13.9. The zero-order valence-electron chi connectivity index (χ0n) is 14.2. The molecular formula is C19H17FN2O3S. The number of hydrogen-bond acceptors (Lipinski definition) is 4. The molecule has 1 aliphatic rings. The molecule has 0 atom stereocenters. The lowest BCUT2D eigenvalue weighted by Gasteiger charge is -2.18. The SMILES string of the molecule is CCCn1c(=NC(=O)c2ccccc2F)sc2cc3c(cc21)OCCO3. The Morgan fingerprint density at radius 1 is 1.23 bits per heavy atom. The van der Waals surface area contributed by atoms with Crippen LogP contribution in [-0.2, 0) is 6.54 Å². The fourth-order valence-electron chi connectivity index (χ4n) is 2.91. The Balaban J connectivity index is 1.87. The Bertz CT molecular complexity index is 1050. The first-order valence-electron chi connectivity index (χ1n) is 8.44. The molecule has 3 aromatic rings. The van der Waals surface area contributed by atoms with Crippen LogP contribution in [0.1, 0.15) is 23.7 Å². The molecule has 5 nitrogen and oxygen atoms in total. The summed E-state index contributed by atoms with van der Waals surface area (Å²) in [5.41, 5.74) is 0.903. The summed E-state index contributed by atoms with van der Waals surface area (Å²) in [6.45, 7) is 3.78. The summed E-state index contributed by atoms with van der Waals surface area (Å²) in [5.74, 6) is 0.234. The molecule has 2 heterocycles. The summed E-state index contributed by atoms with van der Waals surface area (Å²) >= 11 is 1.38. The largest absolute Gasteiger partial charge is 0.486 e. The van der Waals surface area contributed by atoms with Gasteiger partial charge in [0.1, 0.15) is 19.0 Å². The van der Waals surface area contributed by atoms with Crippen LogP contribution >= 0.6 is 11.3 Å². The Morgan fingerprint density at radius 2 is 1.96 bits per heavy atom. The van der Waals surface area contributed by atoms with Gasteiger partial charge in [-0.15, -0.1) is 0 Å². The molecule has 0 bridgehead atoms. The lowest BCUT2D eigenvalue weighted by Crippen LogP contribution is -2.18. The van der Waals surface area contributed by atoms with E-state index in [1.165, 1.54) is 23.5 Å². The van der Waals surface area contributed by atoms with Crippen LogP contribution in [0.4, 0.5) is 4.39 Å². The molecule has 4 rings (SSSR count). The molecule has 2 aromatic carbocycles. The number of thiazole rings is 1. The number of carbonyl (C=O) groups is 1. The number of ether oxygens (including phenoxy) is 2. The second-order valence-electron chi connectivity index (χ2n) is 5.90. The summed E-state index contributed by atoms with van der Waals surface area (Å²) < 4.78 is 28.1. The first-order valence-corrected chi connectivity index (χ1v) is 9.25. The van der Waals surface area contributed by atoms with Gasteiger partial charge < -0.3 is 14.0 Å². The standard InChI is InChI=1S/C19H17FN2O3S/c1-2-7-22-14-10-15-16(25-9-8-24-15)11-17(14)26-19(22)21-18(23)12-5-3-4-6-13(12)20/h3-6,10-11H,2,7-9H2,1H3. The van der Waals surface area contributed by atoms with Crippen molar-refractivity contribution in [1.82, 2.24) is 4.57 Å². The van der Waals surface area contributed by atoms with Crippen LogP contribution in [0.2, 0.25) is 0 Å². The molecule has 1 aromatic heterocycles. The van der Waals surface area contributed by atoms with E-state index in [2.05, 4.69) is 11.9 Å². The number of nitrogens with zero attached hydrogens (tertiary/aromatic N) is 2. The van der Waals surface area contributed by atoms with Gasteiger partial charge in [-0.05, 0) is 18.6 Å². The van der Waals surface area contributed by atoms with E-state index in [9.17, 15) is 9.18 Å². The van der Waals surface area contributed by atoms with Crippen molar-refractivity contribution in [3.8, 4) is 11.5 Å². The highest BCUT2D eigenvalue weighted by Crippen LogP contribution is 2.35. The van der Waals surface area contributed by atoms with Gasteiger partial charge in [-0.2, -0.15) is 4.99 Å². The van der Waals surface area contributed by atoms with Crippen molar-refractivity contribution in [1.29, 1.82) is 0 Å². The summed E-state index contributed by atoms with van der Waals surface area (Å²) in [5, 5.41) is 0. The Labute approximate surface area is 153 Å². The molecule has 0 aliphatic carbocycles. The van der Waals surface area contributed by atoms with Crippen LogP contribution < -0.4 is 14.3 Å². The van der Waals surface area contributed by atoms with Crippen LogP contribution in [0.15, 0.2) is 41.4 Å². The fraction of sp³-hybridized carbons (Fsp3) is 0.263. The molecule has 134 valence electrons. The quantitative estimate of drug-likeness (QED) is 0.703. The number of benzene rings is 2. The van der Waals surface area contributed by atoms with Crippen LogP contribution in [0.5, 0.6) is 11.5 Å². The number of rotatable bonds is 3. The summed E-state index contributed by atoms with van der Waals surface area (Å²) in [4.78, 5) is 17.2. The molecule has 1 amide bonds. The van der Waals surface area contributed by atoms with Gasteiger partial charge in [0.05, 0.1) is 15.8 Å². The normalized spacial score (nSPS) is 14.0. The van der Waals surface area contributed by atoms with Crippen molar-refractivity contribution in [2.24, 2.45) is 4.99 Å². The predicted molar refractivity (Wildman–Crippen MR) is 97.4 cm³/mol. The predicted octanol–water partition coefficient (Wildman–Crippen LogP) is 3.76. The Hall–Kier alpha value is -2.67. The Kier molecular flexibility index (Phi) is 4.46. The minimum atomic E-state index is -0.586. The molecule has 0 unspecified atom stereocenters. The van der Waals surface area contributed by atoms with Gasteiger partial charge in [0.2, 0.25) is 0 Å². The van der Waals surface area contributed by atoms with Gasteiger partial charge in [-0.1, -0.05) is 30.4 Å². The van der Waals surface area contributed by atoms with E-state index in [4.69, 9.17) is 9.47 Å². The smallest absolute Gasteiger partial charge is 0.282 e. The summed E-state index contributed by atoms with van der Waals surface area (Å²) in [7, 11) is 0. The number of amides is 1. The van der Waals surface area contributed by atoms with Crippen molar-refractivity contribution < 1.29 is 18.7 Å². The zero-order chi connectivity index (χ0) is 18.1. The van der Waals surface area contributed by atoms with Crippen molar-refractivity contribution in [3.63, 3.8) is 0 Å². The molecule has 0 saturated heterocycles. The third kappa shape index (κ3) is 2.99. The van der Waals surface area contributed by atoms with Gasteiger partial charge in [0.25, 0.3) is 5.91 Å². The average molecular weight is 372 g/mol. The maximum Gasteiger partial charge on any atom is 0.282 e. The lowest BCUT2D eigenvalue weighted by molar-refractivity contribution is 0.0994. The summed E-state index contributed by atoms with van der Waals surface area (Å²) in [6, 6.07) is 9.71. The van der Waals surface area contributed by atoms with E-state index in [0.29, 0.717) is 36.1 Å². The van der Waals surface area contributed by atoms with Crippen LogP contribution in [0.3, 0.4) is 0 Å². The van der Waals surface area contributed by atoms with Crippen LogP contribution in [0, 0.1) is 5.82 Å². The second kappa shape index (κ2) is 6.92. The number of aromatic nitrogens is 1. The van der Waals surface area contributed by atoms with E-state index < -0.39 is 11.7 Å². The van der Waals surface area contributed by atoms with E-state index in [0.717, 1.165) is 16.6 Å². The molecule has 1 aliphatic heterocycles. The average Bonchev–Trinajstić information content (AvgIpc) is 2.96. The van der Waals surface area contributed by atoms with Gasteiger partial charge in [-0.3, -0.25) is 4.79 Å². The minimum Gasteiger partial charge on any atom is -0.486 e. The second-order valence-corrected chi connectivity index (χ2v) is 6.91. The monoisotopic (exact) mass is 372 g/mol. The third-order valence-electron chi connectivity index (χ3n) is 4.10. The van der Waals surface area contributed by atoms with Gasteiger partial charge in [0.15, 0.2) is 16.3 Å².